The van der Waals surface area contributed by atoms with Crippen LogP contribution in [0.15, 0.2) is 29.2 Å². The fourth-order valence-electron chi connectivity index (χ4n) is 1.20. The van der Waals surface area contributed by atoms with Crippen molar-refractivity contribution in [3.8, 4) is 0 Å². The smallest absolute Gasteiger partial charge is 0.233 e. The molecule has 3 N–H and O–H groups in total. The SMILES string of the molecule is Cc1cccc(SCCCC(=O)NN)c1. The first kappa shape index (κ1) is 12.1. The van der Waals surface area contributed by atoms with E-state index >= 15 is 0 Å². The van der Waals surface area contributed by atoms with E-state index in [1.165, 1.54) is 10.5 Å². The fraction of sp³-hybridized carbons (Fsp3) is 0.364. The van der Waals surface area contributed by atoms with Crippen LogP contribution in [0.25, 0.3) is 0 Å². The summed E-state index contributed by atoms with van der Waals surface area (Å²) in [5, 5.41) is 0. The number of hydrogen-bond acceptors (Lipinski definition) is 3. The van der Waals surface area contributed by atoms with Crippen LogP contribution in [-0.2, 0) is 4.79 Å². The summed E-state index contributed by atoms with van der Waals surface area (Å²) in [6.07, 6.45) is 1.34. The number of carbonyl (C=O) groups is 1. The molecule has 3 nitrogen and oxygen atoms in total. The fourth-order valence-corrected chi connectivity index (χ4v) is 2.17. The van der Waals surface area contributed by atoms with Gasteiger partial charge in [-0.2, -0.15) is 0 Å². The highest BCUT2D eigenvalue weighted by atomic mass is 32.2. The first-order valence-corrected chi connectivity index (χ1v) is 5.90. The highest BCUT2D eigenvalue weighted by Gasteiger charge is 1.98. The number of hydrazine groups is 1. The zero-order valence-electron chi connectivity index (χ0n) is 8.82. The zero-order chi connectivity index (χ0) is 11.1. The van der Waals surface area contributed by atoms with Crippen LogP contribution in [0.5, 0.6) is 0 Å². The Hall–Kier alpha value is -1.00. The minimum Gasteiger partial charge on any atom is -0.294 e. The number of thioether (sulfide) groups is 1. The molecule has 0 aliphatic rings. The van der Waals surface area contributed by atoms with Gasteiger partial charge in [-0.15, -0.1) is 11.8 Å². The van der Waals surface area contributed by atoms with Gasteiger partial charge in [-0.3, -0.25) is 10.2 Å². The third kappa shape index (κ3) is 4.85. The summed E-state index contributed by atoms with van der Waals surface area (Å²) in [6, 6.07) is 8.35. The monoisotopic (exact) mass is 224 g/mol. The van der Waals surface area contributed by atoms with E-state index in [4.69, 9.17) is 5.84 Å². The van der Waals surface area contributed by atoms with Crippen LogP contribution >= 0.6 is 11.8 Å². The summed E-state index contributed by atoms with van der Waals surface area (Å²) in [7, 11) is 0. The molecule has 0 heterocycles. The number of carbonyl (C=O) groups excluding carboxylic acids is 1. The molecular formula is C11H16N2OS. The molecule has 0 aromatic heterocycles. The second-order valence-electron chi connectivity index (χ2n) is 3.34. The molecule has 0 bridgehead atoms. The Labute approximate surface area is 94.4 Å². The van der Waals surface area contributed by atoms with E-state index in [0.717, 1.165) is 12.2 Å². The summed E-state index contributed by atoms with van der Waals surface area (Å²) in [5.74, 6) is 5.82. The van der Waals surface area contributed by atoms with Gasteiger partial charge in [-0.25, -0.2) is 5.84 Å². The van der Waals surface area contributed by atoms with Crippen molar-refractivity contribution >= 4 is 17.7 Å². The van der Waals surface area contributed by atoms with Crippen LogP contribution in [0, 0.1) is 6.92 Å². The van der Waals surface area contributed by atoms with E-state index in [1.807, 2.05) is 6.07 Å². The van der Waals surface area contributed by atoms with Gasteiger partial charge in [0.25, 0.3) is 0 Å². The van der Waals surface area contributed by atoms with Crippen molar-refractivity contribution in [1.82, 2.24) is 5.43 Å². The maximum atomic E-state index is 10.8. The van der Waals surface area contributed by atoms with Crippen molar-refractivity contribution in [1.29, 1.82) is 0 Å². The van der Waals surface area contributed by atoms with Gasteiger partial charge < -0.3 is 0 Å². The van der Waals surface area contributed by atoms with Crippen LogP contribution in [-0.4, -0.2) is 11.7 Å². The lowest BCUT2D eigenvalue weighted by Crippen LogP contribution is -2.29. The minimum absolute atomic E-state index is 0.0974. The quantitative estimate of drug-likeness (QED) is 0.264. The van der Waals surface area contributed by atoms with Gasteiger partial charge in [0.2, 0.25) is 5.91 Å². The second kappa shape index (κ2) is 6.48. The molecule has 0 aliphatic heterocycles. The predicted molar refractivity (Wildman–Crippen MR) is 63.5 cm³/mol. The van der Waals surface area contributed by atoms with Crippen molar-refractivity contribution in [2.75, 3.05) is 5.75 Å². The average Bonchev–Trinajstić information content (AvgIpc) is 2.24. The number of aryl methyl sites for hydroxylation is 1. The van der Waals surface area contributed by atoms with Gasteiger partial charge in [0.05, 0.1) is 0 Å². The molecule has 0 unspecified atom stereocenters. The topological polar surface area (TPSA) is 55.1 Å². The zero-order valence-corrected chi connectivity index (χ0v) is 9.64. The molecule has 0 saturated heterocycles. The summed E-state index contributed by atoms with van der Waals surface area (Å²) in [5.41, 5.74) is 3.39. The van der Waals surface area contributed by atoms with E-state index in [0.29, 0.717) is 6.42 Å². The first-order valence-electron chi connectivity index (χ1n) is 4.91. The lowest BCUT2D eigenvalue weighted by Gasteiger charge is -2.02. The molecular weight excluding hydrogens is 208 g/mol. The number of hydrogen-bond donors (Lipinski definition) is 2. The van der Waals surface area contributed by atoms with Gasteiger partial charge >= 0.3 is 0 Å². The van der Waals surface area contributed by atoms with Gasteiger partial charge in [0.1, 0.15) is 0 Å². The van der Waals surface area contributed by atoms with E-state index < -0.39 is 0 Å². The lowest BCUT2D eigenvalue weighted by atomic mass is 10.2. The third-order valence-electron chi connectivity index (χ3n) is 1.97. The second-order valence-corrected chi connectivity index (χ2v) is 4.50. The van der Waals surface area contributed by atoms with Crippen molar-refractivity contribution in [3.05, 3.63) is 29.8 Å². The van der Waals surface area contributed by atoms with Gasteiger partial charge in [-0.05, 0) is 31.2 Å². The van der Waals surface area contributed by atoms with E-state index in [2.05, 4.69) is 30.5 Å². The van der Waals surface area contributed by atoms with Gasteiger partial charge in [0, 0.05) is 11.3 Å². The summed E-state index contributed by atoms with van der Waals surface area (Å²) < 4.78 is 0. The number of nitrogens with one attached hydrogen (secondary N) is 1. The minimum atomic E-state index is -0.0974. The molecule has 82 valence electrons. The molecule has 0 aliphatic carbocycles. The summed E-state index contributed by atoms with van der Waals surface area (Å²) in [4.78, 5) is 12.1. The molecule has 1 amide bonds. The van der Waals surface area contributed by atoms with Crippen molar-refractivity contribution < 1.29 is 4.79 Å². The van der Waals surface area contributed by atoms with Gasteiger partial charge in [0.15, 0.2) is 0 Å². The summed E-state index contributed by atoms with van der Waals surface area (Å²) >= 11 is 1.77. The molecule has 0 radical (unpaired) electrons. The number of nitrogens with two attached hydrogens (primary N) is 1. The number of benzene rings is 1. The van der Waals surface area contributed by atoms with Crippen molar-refractivity contribution in [3.63, 3.8) is 0 Å². The lowest BCUT2D eigenvalue weighted by molar-refractivity contribution is -0.121. The van der Waals surface area contributed by atoms with Crippen LogP contribution in [0.2, 0.25) is 0 Å². The summed E-state index contributed by atoms with van der Waals surface area (Å²) in [6.45, 7) is 2.08. The Morgan fingerprint density at radius 1 is 1.53 bits per heavy atom. The first-order chi connectivity index (χ1) is 7.22. The number of rotatable bonds is 5. The molecule has 0 spiro atoms. The van der Waals surface area contributed by atoms with Gasteiger partial charge in [-0.1, -0.05) is 17.7 Å². The van der Waals surface area contributed by atoms with Crippen LogP contribution in [0.4, 0.5) is 0 Å². The maximum absolute atomic E-state index is 10.8. The molecule has 0 saturated carbocycles. The Balaban J connectivity index is 2.23. The highest BCUT2D eigenvalue weighted by Crippen LogP contribution is 2.19. The van der Waals surface area contributed by atoms with Crippen molar-refractivity contribution in [2.24, 2.45) is 5.84 Å². The maximum Gasteiger partial charge on any atom is 0.233 e. The normalized spacial score (nSPS) is 10.0. The molecule has 4 heteroatoms. The molecule has 1 aromatic rings. The highest BCUT2D eigenvalue weighted by molar-refractivity contribution is 7.99. The van der Waals surface area contributed by atoms with Crippen LogP contribution in [0.1, 0.15) is 18.4 Å². The van der Waals surface area contributed by atoms with Crippen molar-refractivity contribution in [2.45, 2.75) is 24.7 Å². The Bertz CT molecular complexity index is 328. The molecule has 1 aromatic carbocycles. The third-order valence-corrected chi connectivity index (χ3v) is 3.05. The Morgan fingerprint density at radius 2 is 2.33 bits per heavy atom. The molecule has 0 fully saturated rings. The number of amides is 1. The predicted octanol–water partition coefficient (Wildman–Crippen LogP) is 1.86. The van der Waals surface area contributed by atoms with E-state index in [1.54, 1.807) is 11.8 Å². The Kier molecular flexibility index (Phi) is 5.21. The standard InChI is InChI=1S/C11H16N2OS/c1-9-4-2-5-10(8-9)15-7-3-6-11(14)13-12/h2,4-5,8H,3,6-7,12H2,1H3,(H,13,14). The molecule has 1 rings (SSSR count). The Morgan fingerprint density at radius 3 is 3.00 bits per heavy atom. The van der Waals surface area contributed by atoms with Crippen LogP contribution in [0.3, 0.4) is 0 Å². The molecule has 0 atom stereocenters. The van der Waals surface area contributed by atoms with E-state index in [9.17, 15) is 4.79 Å². The molecule has 15 heavy (non-hydrogen) atoms. The van der Waals surface area contributed by atoms with Crippen LogP contribution < -0.4 is 11.3 Å². The van der Waals surface area contributed by atoms with E-state index in [-0.39, 0.29) is 5.91 Å². The largest absolute Gasteiger partial charge is 0.294 e. The average molecular weight is 224 g/mol.